The molecule has 10 nitrogen and oxygen atoms in total. The second-order valence-electron chi connectivity index (χ2n) is 8.64. The van der Waals surface area contributed by atoms with E-state index in [1.807, 2.05) is 0 Å². The van der Waals surface area contributed by atoms with Gasteiger partial charge < -0.3 is 23.7 Å². The molecule has 2 aromatic rings. The fraction of sp³-hybridized carbons (Fsp3) is 0.478. The van der Waals surface area contributed by atoms with Gasteiger partial charge in [0, 0.05) is 51.6 Å². The third kappa shape index (κ3) is 4.49. The van der Waals surface area contributed by atoms with Gasteiger partial charge in [0.25, 0.3) is 0 Å². The highest BCUT2D eigenvalue weighted by molar-refractivity contribution is 7.89. The minimum absolute atomic E-state index is 0.0784. The van der Waals surface area contributed by atoms with Gasteiger partial charge in [-0.3, -0.25) is 9.59 Å². The zero-order chi connectivity index (χ0) is 23.7. The first kappa shape index (κ1) is 22.7. The molecule has 0 spiro atoms. The molecule has 0 bridgehead atoms. The monoisotopic (exact) mass is 489 g/mol. The van der Waals surface area contributed by atoms with Gasteiger partial charge in [-0.25, -0.2) is 8.42 Å². The lowest BCUT2D eigenvalue weighted by Gasteiger charge is -2.35. The van der Waals surface area contributed by atoms with Crippen LogP contribution >= 0.6 is 0 Å². The van der Waals surface area contributed by atoms with Crippen LogP contribution in [0.5, 0.6) is 11.5 Å². The molecule has 11 heteroatoms. The Morgan fingerprint density at radius 2 is 1.79 bits per heavy atom. The van der Waals surface area contributed by atoms with Gasteiger partial charge in [-0.1, -0.05) is 0 Å². The second-order valence-corrected chi connectivity index (χ2v) is 10.6. The summed E-state index contributed by atoms with van der Waals surface area (Å²) in [5.74, 6) is 1.03. The van der Waals surface area contributed by atoms with Crippen LogP contribution in [-0.2, 0) is 26.2 Å². The van der Waals surface area contributed by atoms with E-state index in [-0.39, 0.29) is 49.3 Å². The van der Waals surface area contributed by atoms with Crippen molar-refractivity contribution in [1.29, 1.82) is 0 Å². The SMILES string of the molecule is O=C1C[C@H](C(=O)N2CCN(S(=O)(=O)c3ccc4c(c3)OCCCO4)CC2)CN1Cc1ccco1. The summed E-state index contributed by atoms with van der Waals surface area (Å²) in [4.78, 5) is 28.8. The summed E-state index contributed by atoms with van der Waals surface area (Å²) in [6, 6.07) is 8.21. The Hall–Kier alpha value is -3.05. The molecular formula is C23H27N3O7S. The van der Waals surface area contributed by atoms with Crippen molar-refractivity contribution in [1.82, 2.24) is 14.1 Å². The Kier molecular flexibility index (Phi) is 6.22. The first-order valence-corrected chi connectivity index (χ1v) is 12.8. The molecule has 5 rings (SSSR count). The zero-order valence-corrected chi connectivity index (χ0v) is 19.5. The number of nitrogens with zero attached hydrogens (tertiary/aromatic N) is 3. The largest absolute Gasteiger partial charge is 0.490 e. The summed E-state index contributed by atoms with van der Waals surface area (Å²) in [7, 11) is -3.74. The van der Waals surface area contributed by atoms with Crippen LogP contribution in [0.25, 0.3) is 0 Å². The van der Waals surface area contributed by atoms with Gasteiger partial charge in [-0.05, 0) is 24.3 Å². The number of fused-ring (bicyclic) bond motifs is 1. The molecule has 0 unspecified atom stereocenters. The molecule has 1 aromatic carbocycles. The number of hydrogen-bond acceptors (Lipinski definition) is 7. The lowest BCUT2D eigenvalue weighted by molar-refractivity contribution is -0.137. The van der Waals surface area contributed by atoms with Gasteiger partial charge >= 0.3 is 0 Å². The topological polar surface area (TPSA) is 110 Å². The first-order valence-electron chi connectivity index (χ1n) is 11.4. The molecular weight excluding hydrogens is 462 g/mol. The highest BCUT2D eigenvalue weighted by Crippen LogP contribution is 2.33. The van der Waals surface area contributed by atoms with E-state index in [9.17, 15) is 18.0 Å². The molecule has 34 heavy (non-hydrogen) atoms. The number of sulfonamides is 1. The van der Waals surface area contributed by atoms with Crippen LogP contribution in [0, 0.1) is 5.92 Å². The van der Waals surface area contributed by atoms with Crippen LogP contribution in [0.4, 0.5) is 0 Å². The van der Waals surface area contributed by atoms with Crippen LogP contribution < -0.4 is 9.47 Å². The molecule has 2 saturated heterocycles. The standard InChI is InChI=1S/C23H27N3O7S/c27-22-13-17(15-25(22)16-18-3-1-10-31-18)23(28)24-6-8-26(9-7-24)34(29,30)19-4-5-20-21(14-19)33-12-2-11-32-20/h1,3-5,10,14,17H,2,6-9,11-13,15-16H2/t17-/m0/s1. The van der Waals surface area contributed by atoms with Crippen LogP contribution in [0.3, 0.4) is 0 Å². The van der Waals surface area contributed by atoms with E-state index in [1.165, 1.54) is 16.4 Å². The highest BCUT2D eigenvalue weighted by Gasteiger charge is 2.39. The van der Waals surface area contributed by atoms with Crippen LogP contribution in [0.15, 0.2) is 45.9 Å². The molecule has 0 N–H and O–H groups in total. The maximum atomic E-state index is 13.2. The van der Waals surface area contributed by atoms with Crippen molar-refractivity contribution in [2.75, 3.05) is 45.9 Å². The van der Waals surface area contributed by atoms with Gasteiger partial charge in [-0.15, -0.1) is 0 Å². The maximum absolute atomic E-state index is 13.2. The molecule has 182 valence electrons. The van der Waals surface area contributed by atoms with Crippen molar-refractivity contribution in [3.63, 3.8) is 0 Å². The van der Waals surface area contributed by atoms with E-state index in [0.717, 1.165) is 6.42 Å². The van der Waals surface area contributed by atoms with Crippen molar-refractivity contribution in [2.24, 2.45) is 5.92 Å². The van der Waals surface area contributed by atoms with E-state index in [1.54, 1.807) is 34.3 Å². The Morgan fingerprint density at radius 3 is 2.53 bits per heavy atom. The fourth-order valence-electron chi connectivity index (χ4n) is 4.54. The molecule has 0 saturated carbocycles. The smallest absolute Gasteiger partial charge is 0.243 e. The molecule has 3 aliphatic heterocycles. The summed E-state index contributed by atoms with van der Waals surface area (Å²) in [6.45, 7) is 2.64. The first-order chi connectivity index (χ1) is 16.4. The average Bonchev–Trinajstić information content (AvgIpc) is 3.42. The molecule has 3 aliphatic rings. The number of benzene rings is 1. The predicted octanol–water partition coefficient (Wildman–Crippen LogP) is 1.32. The fourth-order valence-corrected chi connectivity index (χ4v) is 5.98. The van der Waals surface area contributed by atoms with E-state index in [4.69, 9.17) is 13.9 Å². The molecule has 0 aliphatic carbocycles. The number of carbonyl (C=O) groups excluding carboxylic acids is 2. The van der Waals surface area contributed by atoms with Gasteiger partial charge in [0.15, 0.2) is 11.5 Å². The lowest BCUT2D eigenvalue weighted by atomic mass is 10.1. The summed E-state index contributed by atoms with van der Waals surface area (Å²) in [6.07, 6.45) is 2.45. The van der Waals surface area contributed by atoms with E-state index in [0.29, 0.717) is 43.6 Å². The number of amides is 2. The van der Waals surface area contributed by atoms with Crippen molar-refractivity contribution in [2.45, 2.75) is 24.3 Å². The zero-order valence-electron chi connectivity index (χ0n) is 18.7. The molecule has 2 fully saturated rings. The normalized spacial score (nSPS) is 21.5. The molecule has 2 amide bonds. The number of carbonyl (C=O) groups is 2. The Bertz CT molecular complexity index is 1160. The van der Waals surface area contributed by atoms with Crippen LogP contribution in [0.2, 0.25) is 0 Å². The number of likely N-dealkylation sites (tertiary alicyclic amines) is 1. The van der Waals surface area contributed by atoms with Gasteiger partial charge in [-0.2, -0.15) is 4.31 Å². The molecule has 1 atom stereocenters. The van der Waals surface area contributed by atoms with Gasteiger partial charge in [0.05, 0.1) is 36.8 Å². The Labute approximate surface area is 198 Å². The molecule has 4 heterocycles. The summed E-state index contributed by atoms with van der Waals surface area (Å²) < 4.78 is 44.3. The minimum Gasteiger partial charge on any atom is -0.490 e. The highest BCUT2D eigenvalue weighted by atomic mass is 32.2. The molecule has 1 aromatic heterocycles. The Morgan fingerprint density at radius 1 is 1.03 bits per heavy atom. The average molecular weight is 490 g/mol. The van der Waals surface area contributed by atoms with Crippen molar-refractivity contribution in [3.8, 4) is 11.5 Å². The molecule has 0 radical (unpaired) electrons. The van der Waals surface area contributed by atoms with Crippen LogP contribution in [-0.4, -0.2) is 80.3 Å². The van der Waals surface area contributed by atoms with Crippen molar-refractivity contribution < 1.29 is 31.9 Å². The second kappa shape index (κ2) is 9.30. The van der Waals surface area contributed by atoms with Gasteiger partial charge in [0.1, 0.15) is 5.76 Å². The van der Waals surface area contributed by atoms with Crippen molar-refractivity contribution in [3.05, 3.63) is 42.4 Å². The number of ether oxygens (including phenoxy) is 2. The van der Waals surface area contributed by atoms with E-state index in [2.05, 4.69) is 0 Å². The van der Waals surface area contributed by atoms with Crippen LogP contribution in [0.1, 0.15) is 18.6 Å². The predicted molar refractivity (Wildman–Crippen MR) is 120 cm³/mol. The van der Waals surface area contributed by atoms with Gasteiger partial charge in [0.2, 0.25) is 21.8 Å². The number of furan rings is 1. The quantitative estimate of drug-likeness (QED) is 0.623. The maximum Gasteiger partial charge on any atom is 0.243 e. The Balaban J connectivity index is 1.19. The lowest BCUT2D eigenvalue weighted by Crippen LogP contribution is -2.52. The minimum atomic E-state index is -3.74. The van der Waals surface area contributed by atoms with E-state index >= 15 is 0 Å². The summed E-state index contributed by atoms with van der Waals surface area (Å²) >= 11 is 0. The number of piperazine rings is 1. The summed E-state index contributed by atoms with van der Waals surface area (Å²) in [5.41, 5.74) is 0. The van der Waals surface area contributed by atoms with E-state index < -0.39 is 15.9 Å². The van der Waals surface area contributed by atoms with Crippen molar-refractivity contribution >= 4 is 21.8 Å². The number of hydrogen-bond donors (Lipinski definition) is 0. The number of rotatable bonds is 5. The third-order valence-electron chi connectivity index (χ3n) is 6.40. The third-order valence-corrected chi connectivity index (χ3v) is 8.29. The summed E-state index contributed by atoms with van der Waals surface area (Å²) in [5, 5.41) is 0.